The fraction of sp³-hybridized carbons (Fsp3) is 0.975. The van der Waals surface area contributed by atoms with Crippen LogP contribution >= 0.6 is 0 Å². The SMILES string of the molecule is CCCCCCCCCCCCCCCCCCOC(=O)C(C)(C)CCCCCCCCCCCCCCCCCC. The second-order valence-corrected chi connectivity index (χ2v) is 14.4. The molecule has 0 heterocycles. The van der Waals surface area contributed by atoms with Gasteiger partial charge in [-0.1, -0.05) is 213 Å². The zero-order chi connectivity index (χ0) is 30.8. The van der Waals surface area contributed by atoms with E-state index in [0.29, 0.717) is 6.61 Å². The maximum atomic E-state index is 12.6. The van der Waals surface area contributed by atoms with Crippen LogP contribution in [0.15, 0.2) is 0 Å². The van der Waals surface area contributed by atoms with E-state index in [1.54, 1.807) is 0 Å². The van der Waals surface area contributed by atoms with Gasteiger partial charge in [-0.05, 0) is 26.7 Å². The summed E-state index contributed by atoms with van der Waals surface area (Å²) in [5.74, 6) is 0.0180. The summed E-state index contributed by atoms with van der Waals surface area (Å²) in [6.45, 7) is 9.35. The van der Waals surface area contributed by atoms with Gasteiger partial charge in [-0.2, -0.15) is 0 Å². The van der Waals surface area contributed by atoms with Crippen molar-refractivity contribution in [1.82, 2.24) is 0 Å². The Hall–Kier alpha value is -0.530. The topological polar surface area (TPSA) is 26.3 Å². The molecule has 0 bridgehead atoms. The van der Waals surface area contributed by atoms with Gasteiger partial charge in [-0.3, -0.25) is 4.79 Å². The fourth-order valence-electron chi connectivity index (χ4n) is 6.23. The highest BCUT2D eigenvalue weighted by atomic mass is 16.5. The first-order chi connectivity index (χ1) is 20.5. The molecule has 0 rings (SSSR count). The molecule has 0 aromatic rings. The lowest BCUT2D eigenvalue weighted by Crippen LogP contribution is -2.27. The van der Waals surface area contributed by atoms with Crippen molar-refractivity contribution in [3.05, 3.63) is 0 Å². The predicted molar refractivity (Wildman–Crippen MR) is 188 cm³/mol. The third kappa shape index (κ3) is 30.9. The molecule has 0 fully saturated rings. The Bertz CT molecular complexity index is 526. The van der Waals surface area contributed by atoms with Gasteiger partial charge in [-0.25, -0.2) is 0 Å². The summed E-state index contributed by atoms with van der Waals surface area (Å²) in [6.07, 6.45) is 45.1. The van der Waals surface area contributed by atoms with Gasteiger partial charge in [0.2, 0.25) is 0 Å². The van der Waals surface area contributed by atoms with Gasteiger partial charge < -0.3 is 4.74 Å². The van der Waals surface area contributed by atoms with E-state index in [1.807, 2.05) is 0 Å². The van der Waals surface area contributed by atoms with E-state index in [9.17, 15) is 4.79 Å². The number of ether oxygens (including phenoxy) is 1. The average molecular weight is 593 g/mol. The summed E-state index contributed by atoms with van der Waals surface area (Å²) in [4.78, 5) is 12.6. The number of esters is 1. The van der Waals surface area contributed by atoms with Crippen LogP contribution in [0, 0.1) is 5.41 Å². The summed E-state index contributed by atoms with van der Waals surface area (Å²) >= 11 is 0. The molecule has 2 nitrogen and oxygen atoms in total. The maximum Gasteiger partial charge on any atom is 0.311 e. The van der Waals surface area contributed by atoms with Crippen molar-refractivity contribution < 1.29 is 9.53 Å². The number of rotatable bonds is 35. The molecule has 0 saturated heterocycles. The van der Waals surface area contributed by atoms with Crippen LogP contribution in [-0.4, -0.2) is 12.6 Å². The highest BCUT2D eigenvalue weighted by molar-refractivity contribution is 5.75. The Morgan fingerprint density at radius 1 is 0.381 bits per heavy atom. The van der Waals surface area contributed by atoms with Gasteiger partial charge >= 0.3 is 5.97 Å². The van der Waals surface area contributed by atoms with Crippen LogP contribution in [0.5, 0.6) is 0 Å². The molecule has 0 aliphatic carbocycles. The van der Waals surface area contributed by atoms with Crippen LogP contribution < -0.4 is 0 Å². The number of carbonyl (C=O) groups excluding carboxylic acids is 1. The Kier molecular flexibility index (Phi) is 32.9. The molecule has 0 atom stereocenters. The monoisotopic (exact) mass is 593 g/mol. The van der Waals surface area contributed by atoms with Crippen LogP contribution in [0.3, 0.4) is 0 Å². The minimum atomic E-state index is -0.328. The lowest BCUT2D eigenvalue weighted by molar-refractivity contribution is -0.154. The Morgan fingerprint density at radius 2 is 0.619 bits per heavy atom. The number of carbonyl (C=O) groups is 1. The van der Waals surface area contributed by atoms with Crippen molar-refractivity contribution in [3.8, 4) is 0 Å². The highest BCUT2D eigenvalue weighted by Crippen LogP contribution is 2.26. The molecule has 0 saturated carbocycles. The molecule has 0 N–H and O–H groups in total. The molecular weight excluding hydrogens is 512 g/mol. The molecule has 252 valence electrons. The molecule has 0 unspecified atom stereocenters. The first-order valence-corrected chi connectivity index (χ1v) is 19.7. The molecule has 0 aromatic carbocycles. The molecule has 0 radical (unpaired) electrons. The second-order valence-electron chi connectivity index (χ2n) is 14.4. The largest absolute Gasteiger partial charge is 0.465 e. The van der Waals surface area contributed by atoms with E-state index in [4.69, 9.17) is 4.74 Å². The third-order valence-electron chi connectivity index (χ3n) is 9.44. The van der Waals surface area contributed by atoms with Crippen molar-refractivity contribution in [2.75, 3.05) is 6.61 Å². The van der Waals surface area contributed by atoms with E-state index in [1.165, 1.54) is 193 Å². The van der Waals surface area contributed by atoms with Crippen molar-refractivity contribution in [2.24, 2.45) is 5.41 Å². The quantitative estimate of drug-likeness (QED) is 0.0540. The van der Waals surface area contributed by atoms with Gasteiger partial charge in [0, 0.05) is 0 Å². The number of hydrogen-bond acceptors (Lipinski definition) is 2. The Labute approximate surface area is 266 Å². The minimum absolute atomic E-state index is 0.0180. The van der Waals surface area contributed by atoms with E-state index in [-0.39, 0.29) is 11.4 Å². The first-order valence-electron chi connectivity index (χ1n) is 19.7. The lowest BCUT2D eigenvalue weighted by Gasteiger charge is -2.22. The van der Waals surface area contributed by atoms with Crippen LogP contribution in [0.1, 0.15) is 240 Å². The predicted octanol–water partition coefficient (Wildman–Crippen LogP) is 14.5. The normalized spacial score (nSPS) is 11.8. The molecule has 2 heteroatoms. The van der Waals surface area contributed by atoms with Gasteiger partial charge in [0.15, 0.2) is 0 Å². The maximum absolute atomic E-state index is 12.6. The molecule has 0 amide bonds. The van der Waals surface area contributed by atoms with Crippen LogP contribution in [0.4, 0.5) is 0 Å². The minimum Gasteiger partial charge on any atom is -0.465 e. The first kappa shape index (κ1) is 41.5. The van der Waals surface area contributed by atoms with Crippen LogP contribution in [0.2, 0.25) is 0 Å². The summed E-state index contributed by atoms with van der Waals surface area (Å²) in [6, 6.07) is 0. The Balaban J connectivity index is 3.39. The third-order valence-corrected chi connectivity index (χ3v) is 9.44. The highest BCUT2D eigenvalue weighted by Gasteiger charge is 2.28. The molecule has 0 aromatic heterocycles. The van der Waals surface area contributed by atoms with Gasteiger partial charge in [-0.15, -0.1) is 0 Å². The van der Waals surface area contributed by atoms with Crippen LogP contribution in [-0.2, 0) is 9.53 Å². The zero-order valence-electron chi connectivity index (χ0n) is 29.9. The van der Waals surface area contributed by atoms with Gasteiger partial charge in [0.25, 0.3) is 0 Å². The average Bonchev–Trinajstić information content (AvgIpc) is 2.98. The molecule has 0 aliphatic heterocycles. The van der Waals surface area contributed by atoms with E-state index >= 15 is 0 Å². The standard InChI is InChI=1S/C40H80O2/c1-5-7-9-11-13-15-17-19-21-23-25-27-29-31-33-35-37-40(3,4)39(41)42-38-36-34-32-30-28-26-24-22-20-18-16-14-12-10-8-6-2/h5-38H2,1-4H3. The fourth-order valence-corrected chi connectivity index (χ4v) is 6.23. The van der Waals surface area contributed by atoms with Crippen molar-refractivity contribution >= 4 is 5.97 Å². The van der Waals surface area contributed by atoms with E-state index < -0.39 is 0 Å². The van der Waals surface area contributed by atoms with Gasteiger partial charge in [0.1, 0.15) is 0 Å². The van der Waals surface area contributed by atoms with Crippen molar-refractivity contribution in [1.29, 1.82) is 0 Å². The summed E-state index contributed by atoms with van der Waals surface area (Å²) in [5.41, 5.74) is -0.328. The summed E-state index contributed by atoms with van der Waals surface area (Å²) in [7, 11) is 0. The van der Waals surface area contributed by atoms with Gasteiger partial charge in [0.05, 0.1) is 12.0 Å². The molecule has 0 aliphatic rings. The summed E-state index contributed by atoms with van der Waals surface area (Å²) < 4.78 is 5.67. The number of unbranched alkanes of at least 4 members (excludes halogenated alkanes) is 30. The van der Waals surface area contributed by atoms with Crippen molar-refractivity contribution in [2.45, 2.75) is 240 Å². The summed E-state index contributed by atoms with van der Waals surface area (Å²) in [5, 5.41) is 0. The van der Waals surface area contributed by atoms with E-state index in [0.717, 1.165) is 19.3 Å². The van der Waals surface area contributed by atoms with Crippen molar-refractivity contribution in [3.63, 3.8) is 0 Å². The molecule has 42 heavy (non-hydrogen) atoms. The Morgan fingerprint density at radius 3 is 0.905 bits per heavy atom. The molecule has 0 spiro atoms. The molecular formula is C40H80O2. The van der Waals surface area contributed by atoms with Crippen LogP contribution in [0.25, 0.3) is 0 Å². The second kappa shape index (κ2) is 33.4. The zero-order valence-corrected chi connectivity index (χ0v) is 29.9. The number of hydrogen-bond donors (Lipinski definition) is 0. The lowest BCUT2D eigenvalue weighted by atomic mass is 9.87. The smallest absolute Gasteiger partial charge is 0.311 e. The van der Waals surface area contributed by atoms with E-state index in [2.05, 4.69) is 27.7 Å².